The molecule has 5 heteroatoms. The molecule has 2 aromatic rings. The standard InChI is InChI=1S/C21H25NO4/c1-21(2,3)15-9-8-12-17(13-15)26-20(25)18(14-19(23)24)22(4)16-10-6-5-7-11-16/h5-13,18H,14H2,1-4H3,(H,23,24). The van der Waals surface area contributed by atoms with E-state index in [1.807, 2.05) is 48.5 Å². The molecular formula is C21H25NO4. The number of carbonyl (C=O) groups is 2. The van der Waals surface area contributed by atoms with Gasteiger partial charge in [0.05, 0.1) is 6.42 Å². The maximum absolute atomic E-state index is 12.7. The predicted molar refractivity (Wildman–Crippen MR) is 102 cm³/mol. The lowest BCUT2D eigenvalue weighted by atomic mass is 9.87. The number of benzene rings is 2. The Kier molecular flexibility index (Phi) is 6.03. The Hall–Kier alpha value is -2.82. The molecular weight excluding hydrogens is 330 g/mol. The zero-order valence-corrected chi connectivity index (χ0v) is 15.6. The van der Waals surface area contributed by atoms with Crippen LogP contribution >= 0.6 is 0 Å². The molecule has 1 unspecified atom stereocenters. The maximum atomic E-state index is 12.7. The van der Waals surface area contributed by atoms with Crippen LogP contribution in [0, 0.1) is 0 Å². The molecule has 1 atom stereocenters. The molecule has 0 amide bonds. The van der Waals surface area contributed by atoms with Gasteiger partial charge in [-0.25, -0.2) is 4.79 Å². The minimum Gasteiger partial charge on any atom is -0.481 e. The number of ether oxygens (including phenoxy) is 1. The van der Waals surface area contributed by atoms with Crippen LogP contribution in [0.4, 0.5) is 5.69 Å². The number of nitrogens with zero attached hydrogens (tertiary/aromatic N) is 1. The summed E-state index contributed by atoms with van der Waals surface area (Å²) in [6.45, 7) is 6.22. The van der Waals surface area contributed by atoms with Gasteiger partial charge in [-0.3, -0.25) is 4.79 Å². The van der Waals surface area contributed by atoms with Gasteiger partial charge in [0.1, 0.15) is 11.8 Å². The first-order valence-corrected chi connectivity index (χ1v) is 8.50. The molecule has 0 aliphatic rings. The Morgan fingerprint density at radius 3 is 2.31 bits per heavy atom. The lowest BCUT2D eigenvalue weighted by molar-refractivity contribution is -0.143. The molecule has 0 spiro atoms. The molecule has 5 nitrogen and oxygen atoms in total. The zero-order chi connectivity index (χ0) is 19.3. The van der Waals surface area contributed by atoms with Crippen molar-refractivity contribution < 1.29 is 19.4 Å². The lowest BCUT2D eigenvalue weighted by Gasteiger charge is -2.27. The summed E-state index contributed by atoms with van der Waals surface area (Å²) in [5.74, 6) is -1.23. The number of hydrogen-bond acceptors (Lipinski definition) is 4. The van der Waals surface area contributed by atoms with Gasteiger partial charge in [-0.05, 0) is 35.2 Å². The van der Waals surface area contributed by atoms with Crippen molar-refractivity contribution in [2.24, 2.45) is 0 Å². The van der Waals surface area contributed by atoms with E-state index in [4.69, 9.17) is 4.74 Å². The summed E-state index contributed by atoms with van der Waals surface area (Å²) in [5.41, 5.74) is 1.71. The second-order valence-corrected chi connectivity index (χ2v) is 7.26. The second-order valence-electron chi connectivity index (χ2n) is 7.26. The third-order valence-corrected chi connectivity index (χ3v) is 4.19. The molecule has 0 radical (unpaired) electrons. The van der Waals surface area contributed by atoms with Crippen LogP contribution in [0.15, 0.2) is 54.6 Å². The Morgan fingerprint density at radius 2 is 1.73 bits per heavy atom. The van der Waals surface area contributed by atoms with E-state index in [1.165, 1.54) is 0 Å². The van der Waals surface area contributed by atoms with Crippen LogP contribution in [-0.4, -0.2) is 30.1 Å². The van der Waals surface area contributed by atoms with E-state index in [0.29, 0.717) is 5.75 Å². The fourth-order valence-corrected chi connectivity index (χ4v) is 2.60. The van der Waals surface area contributed by atoms with Crippen molar-refractivity contribution in [3.63, 3.8) is 0 Å². The number of anilines is 1. The number of carboxylic acid groups (broad SMARTS) is 1. The van der Waals surface area contributed by atoms with Gasteiger partial charge in [-0.2, -0.15) is 0 Å². The highest BCUT2D eigenvalue weighted by Crippen LogP contribution is 2.26. The van der Waals surface area contributed by atoms with Crippen molar-refractivity contribution in [3.05, 3.63) is 60.2 Å². The van der Waals surface area contributed by atoms with E-state index in [2.05, 4.69) is 20.8 Å². The highest BCUT2D eigenvalue weighted by molar-refractivity contribution is 5.86. The Bertz CT molecular complexity index is 765. The number of rotatable bonds is 6. The number of likely N-dealkylation sites (N-methyl/N-ethyl adjacent to an activating group) is 1. The molecule has 2 rings (SSSR count). The summed E-state index contributed by atoms with van der Waals surface area (Å²) in [7, 11) is 1.69. The smallest absolute Gasteiger partial charge is 0.334 e. The Morgan fingerprint density at radius 1 is 1.08 bits per heavy atom. The van der Waals surface area contributed by atoms with Gasteiger partial charge in [0.2, 0.25) is 0 Å². The number of para-hydroxylation sites is 1. The average Bonchev–Trinajstić information content (AvgIpc) is 2.59. The minimum absolute atomic E-state index is 0.0796. The second kappa shape index (κ2) is 8.04. The molecule has 0 fully saturated rings. The predicted octanol–water partition coefficient (Wildman–Crippen LogP) is 3.87. The van der Waals surface area contributed by atoms with Crippen molar-refractivity contribution in [1.29, 1.82) is 0 Å². The number of carboxylic acids is 1. The van der Waals surface area contributed by atoms with Gasteiger partial charge in [0.15, 0.2) is 0 Å². The summed E-state index contributed by atoms with van der Waals surface area (Å²) in [6.07, 6.45) is -0.344. The molecule has 26 heavy (non-hydrogen) atoms. The summed E-state index contributed by atoms with van der Waals surface area (Å²) in [5, 5.41) is 9.21. The molecule has 138 valence electrons. The van der Waals surface area contributed by atoms with Crippen molar-refractivity contribution in [2.75, 3.05) is 11.9 Å². The number of aliphatic carboxylic acids is 1. The van der Waals surface area contributed by atoms with E-state index < -0.39 is 18.0 Å². The van der Waals surface area contributed by atoms with Crippen LogP contribution in [0.5, 0.6) is 5.75 Å². The largest absolute Gasteiger partial charge is 0.481 e. The Balaban J connectivity index is 2.23. The van der Waals surface area contributed by atoms with Crippen LogP contribution in [0.1, 0.15) is 32.8 Å². The first-order valence-electron chi connectivity index (χ1n) is 8.50. The molecule has 0 aliphatic carbocycles. The van der Waals surface area contributed by atoms with Gasteiger partial charge in [-0.15, -0.1) is 0 Å². The first-order chi connectivity index (χ1) is 12.2. The normalized spacial score (nSPS) is 12.3. The van der Waals surface area contributed by atoms with Crippen molar-refractivity contribution >= 4 is 17.6 Å². The molecule has 0 aromatic heterocycles. The molecule has 0 saturated heterocycles. The number of esters is 1. The average molecular weight is 355 g/mol. The summed E-state index contributed by atoms with van der Waals surface area (Å²) in [4.78, 5) is 25.6. The van der Waals surface area contributed by atoms with Crippen molar-refractivity contribution in [2.45, 2.75) is 38.6 Å². The molecule has 0 heterocycles. The van der Waals surface area contributed by atoms with E-state index in [0.717, 1.165) is 11.3 Å². The highest BCUT2D eigenvalue weighted by Gasteiger charge is 2.28. The van der Waals surface area contributed by atoms with Gasteiger partial charge in [0.25, 0.3) is 0 Å². The van der Waals surface area contributed by atoms with Gasteiger partial charge in [0, 0.05) is 12.7 Å². The summed E-state index contributed by atoms with van der Waals surface area (Å²) in [6, 6.07) is 15.6. The van der Waals surface area contributed by atoms with Gasteiger partial charge >= 0.3 is 11.9 Å². The third-order valence-electron chi connectivity index (χ3n) is 4.19. The van der Waals surface area contributed by atoms with Crippen LogP contribution in [0.2, 0.25) is 0 Å². The molecule has 2 aromatic carbocycles. The topological polar surface area (TPSA) is 66.8 Å². The molecule has 0 bridgehead atoms. The van der Waals surface area contributed by atoms with Crippen LogP contribution in [0.25, 0.3) is 0 Å². The van der Waals surface area contributed by atoms with Crippen LogP contribution < -0.4 is 9.64 Å². The molecule has 0 saturated carbocycles. The minimum atomic E-state index is -1.06. The summed E-state index contributed by atoms with van der Waals surface area (Å²) < 4.78 is 5.51. The monoisotopic (exact) mass is 355 g/mol. The highest BCUT2D eigenvalue weighted by atomic mass is 16.5. The van der Waals surface area contributed by atoms with Gasteiger partial charge < -0.3 is 14.7 Å². The molecule has 1 N–H and O–H groups in total. The quantitative estimate of drug-likeness (QED) is 0.629. The third kappa shape index (κ3) is 5.09. The number of carbonyl (C=O) groups excluding carboxylic acids is 1. The fraction of sp³-hybridized carbons (Fsp3) is 0.333. The van der Waals surface area contributed by atoms with Crippen molar-refractivity contribution in [3.8, 4) is 5.75 Å². The van der Waals surface area contributed by atoms with Crippen LogP contribution in [-0.2, 0) is 15.0 Å². The number of hydrogen-bond donors (Lipinski definition) is 1. The van der Waals surface area contributed by atoms with Crippen molar-refractivity contribution in [1.82, 2.24) is 0 Å². The van der Waals surface area contributed by atoms with E-state index >= 15 is 0 Å². The van der Waals surface area contributed by atoms with E-state index in [9.17, 15) is 14.7 Å². The maximum Gasteiger partial charge on any atom is 0.334 e. The van der Waals surface area contributed by atoms with E-state index in [-0.39, 0.29) is 11.8 Å². The lowest BCUT2D eigenvalue weighted by Crippen LogP contribution is -2.42. The van der Waals surface area contributed by atoms with E-state index in [1.54, 1.807) is 18.0 Å². The Labute approximate surface area is 154 Å². The molecule has 0 aliphatic heterocycles. The zero-order valence-electron chi connectivity index (χ0n) is 15.6. The summed E-state index contributed by atoms with van der Waals surface area (Å²) >= 11 is 0. The SMILES string of the molecule is CN(c1ccccc1)C(CC(=O)O)C(=O)Oc1cccc(C(C)(C)C)c1. The van der Waals surface area contributed by atoms with Gasteiger partial charge in [-0.1, -0.05) is 51.1 Å². The van der Waals surface area contributed by atoms with Crippen LogP contribution in [0.3, 0.4) is 0 Å². The fourth-order valence-electron chi connectivity index (χ4n) is 2.60. The first kappa shape index (κ1) is 19.5.